The molecular formula is C19H25N3O4S. The molecule has 1 aromatic rings. The van der Waals surface area contributed by atoms with E-state index in [2.05, 4.69) is 0 Å². The molecule has 1 aromatic carbocycles. The van der Waals surface area contributed by atoms with Crippen LogP contribution in [0.3, 0.4) is 0 Å². The number of benzene rings is 1. The Bertz CT molecular complexity index is 833. The van der Waals surface area contributed by atoms with Gasteiger partial charge in [-0.25, -0.2) is 12.7 Å². The second-order valence-electron chi connectivity index (χ2n) is 6.91. The van der Waals surface area contributed by atoms with Gasteiger partial charge >= 0.3 is 0 Å². The Morgan fingerprint density at radius 2 is 1.74 bits per heavy atom. The molecule has 0 aromatic heterocycles. The molecule has 2 fully saturated rings. The van der Waals surface area contributed by atoms with Crippen molar-refractivity contribution in [2.24, 2.45) is 0 Å². The summed E-state index contributed by atoms with van der Waals surface area (Å²) in [6.07, 6.45) is 6.59. The van der Waals surface area contributed by atoms with Crippen molar-refractivity contribution in [3.05, 3.63) is 35.9 Å². The first-order chi connectivity index (χ1) is 12.8. The van der Waals surface area contributed by atoms with Crippen LogP contribution < -0.4 is 4.90 Å². The van der Waals surface area contributed by atoms with E-state index in [9.17, 15) is 18.0 Å². The third-order valence-electron chi connectivity index (χ3n) is 4.93. The Balaban J connectivity index is 1.59. The van der Waals surface area contributed by atoms with Crippen molar-refractivity contribution in [3.8, 4) is 0 Å². The lowest BCUT2D eigenvalue weighted by molar-refractivity contribution is -0.125. The van der Waals surface area contributed by atoms with Crippen LogP contribution in [0.1, 0.15) is 24.8 Å². The molecule has 7 nitrogen and oxygen atoms in total. The molecule has 0 radical (unpaired) electrons. The van der Waals surface area contributed by atoms with Crippen LogP contribution in [-0.2, 0) is 19.6 Å². The zero-order chi connectivity index (χ0) is 19.4. The molecule has 0 bridgehead atoms. The smallest absolute Gasteiger partial charge is 0.246 e. The maximum Gasteiger partial charge on any atom is 0.246 e. The number of rotatable bonds is 4. The van der Waals surface area contributed by atoms with Crippen LogP contribution in [0.25, 0.3) is 6.08 Å². The van der Waals surface area contributed by atoms with Gasteiger partial charge in [0.2, 0.25) is 21.8 Å². The Kier molecular flexibility index (Phi) is 5.96. The van der Waals surface area contributed by atoms with Gasteiger partial charge < -0.3 is 9.80 Å². The Hall–Kier alpha value is -2.19. The summed E-state index contributed by atoms with van der Waals surface area (Å²) in [7, 11) is -3.22. The maximum absolute atomic E-state index is 12.4. The summed E-state index contributed by atoms with van der Waals surface area (Å²) in [4.78, 5) is 27.7. The van der Waals surface area contributed by atoms with E-state index in [4.69, 9.17) is 0 Å². The molecule has 2 aliphatic heterocycles. The van der Waals surface area contributed by atoms with Gasteiger partial charge in [0.1, 0.15) is 0 Å². The number of hydrogen-bond acceptors (Lipinski definition) is 4. The number of nitrogens with zero attached hydrogens (tertiary/aromatic N) is 3. The van der Waals surface area contributed by atoms with Gasteiger partial charge in [-0.2, -0.15) is 0 Å². The molecular weight excluding hydrogens is 366 g/mol. The summed E-state index contributed by atoms with van der Waals surface area (Å²) < 4.78 is 24.7. The minimum atomic E-state index is -3.22. The summed E-state index contributed by atoms with van der Waals surface area (Å²) >= 11 is 0. The van der Waals surface area contributed by atoms with E-state index in [-0.39, 0.29) is 11.8 Å². The van der Waals surface area contributed by atoms with Gasteiger partial charge in [0, 0.05) is 50.9 Å². The van der Waals surface area contributed by atoms with Crippen LogP contribution in [0.5, 0.6) is 0 Å². The lowest BCUT2D eigenvalue weighted by atomic mass is 10.2. The van der Waals surface area contributed by atoms with Crippen LogP contribution in [0.15, 0.2) is 30.3 Å². The van der Waals surface area contributed by atoms with E-state index in [1.165, 1.54) is 16.6 Å². The summed E-state index contributed by atoms with van der Waals surface area (Å²) in [5.74, 6) is 0.0296. The normalized spacial score (nSPS) is 19.7. The molecule has 8 heteroatoms. The van der Waals surface area contributed by atoms with E-state index >= 15 is 0 Å². The fourth-order valence-corrected chi connectivity index (χ4v) is 4.28. The first-order valence-electron chi connectivity index (χ1n) is 9.17. The van der Waals surface area contributed by atoms with E-state index in [1.54, 1.807) is 15.9 Å². The molecule has 3 rings (SSSR count). The fraction of sp³-hybridized carbons (Fsp3) is 0.474. The fourth-order valence-electron chi connectivity index (χ4n) is 3.41. The Labute approximate surface area is 160 Å². The summed E-state index contributed by atoms with van der Waals surface area (Å²) in [5.41, 5.74) is 1.76. The van der Waals surface area contributed by atoms with E-state index in [0.717, 1.165) is 24.2 Å². The Morgan fingerprint density at radius 1 is 1.00 bits per heavy atom. The number of carbonyl (C=O) groups excluding carboxylic acids is 2. The predicted octanol–water partition coefficient (Wildman–Crippen LogP) is 1.32. The summed E-state index contributed by atoms with van der Waals surface area (Å²) in [5, 5.41) is 0. The number of hydrogen-bond donors (Lipinski definition) is 0. The summed E-state index contributed by atoms with van der Waals surface area (Å²) in [6.45, 7) is 2.48. The van der Waals surface area contributed by atoms with Crippen molar-refractivity contribution in [2.75, 3.05) is 43.9 Å². The van der Waals surface area contributed by atoms with Crippen molar-refractivity contribution in [1.82, 2.24) is 9.21 Å². The molecule has 0 saturated carbocycles. The number of carbonyl (C=O) groups is 2. The SMILES string of the molecule is CS(=O)(=O)N1CCCN(C(=O)C=Cc2ccc(N3CCCC3=O)cc2)CC1. The second-order valence-corrected chi connectivity index (χ2v) is 8.90. The van der Waals surface area contributed by atoms with Crippen LogP contribution >= 0.6 is 0 Å². The van der Waals surface area contributed by atoms with Crippen molar-refractivity contribution in [2.45, 2.75) is 19.3 Å². The number of amides is 2. The quantitative estimate of drug-likeness (QED) is 0.726. The topological polar surface area (TPSA) is 78.0 Å². The second kappa shape index (κ2) is 8.22. The molecule has 2 saturated heterocycles. The highest BCUT2D eigenvalue weighted by Crippen LogP contribution is 2.22. The van der Waals surface area contributed by atoms with Gasteiger partial charge in [-0.1, -0.05) is 12.1 Å². The molecule has 146 valence electrons. The maximum atomic E-state index is 12.4. The third kappa shape index (κ3) is 4.95. The molecule has 2 aliphatic rings. The van der Waals surface area contributed by atoms with Gasteiger partial charge in [0.05, 0.1) is 6.26 Å². The van der Waals surface area contributed by atoms with Gasteiger partial charge in [0.15, 0.2) is 0 Å². The van der Waals surface area contributed by atoms with Crippen LogP contribution in [-0.4, -0.2) is 68.4 Å². The number of anilines is 1. The summed E-state index contributed by atoms with van der Waals surface area (Å²) in [6, 6.07) is 7.56. The molecule has 2 amide bonds. The van der Waals surface area contributed by atoms with Crippen LogP contribution in [0.2, 0.25) is 0 Å². The lowest BCUT2D eigenvalue weighted by Crippen LogP contribution is -2.36. The predicted molar refractivity (Wildman–Crippen MR) is 105 cm³/mol. The van der Waals surface area contributed by atoms with Gasteiger partial charge in [-0.3, -0.25) is 9.59 Å². The monoisotopic (exact) mass is 391 g/mol. The highest BCUT2D eigenvalue weighted by molar-refractivity contribution is 7.88. The van der Waals surface area contributed by atoms with Crippen molar-refractivity contribution >= 4 is 33.6 Å². The third-order valence-corrected chi connectivity index (χ3v) is 6.24. The zero-order valence-electron chi connectivity index (χ0n) is 15.5. The minimum absolute atomic E-state index is 0.121. The first kappa shape index (κ1) is 19.6. The largest absolute Gasteiger partial charge is 0.338 e. The van der Waals surface area contributed by atoms with Crippen LogP contribution in [0, 0.1) is 0 Å². The number of sulfonamides is 1. The molecule has 0 spiro atoms. The van der Waals surface area contributed by atoms with Crippen molar-refractivity contribution in [3.63, 3.8) is 0 Å². The highest BCUT2D eigenvalue weighted by atomic mass is 32.2. The minimum Gasteiger partial charge on any atom is -0.338 e. The molecule has 27 heavy (non-hydrogen) atoms. The van der Waals surface area contributed by atoms with Gasteiger partial charge in [0.25, 0.3) is 0 Å². The molecule has 0 unspecified atom stereocenters. The van der Waals surface area contributed by atoms with E-state index in [1.807, 2.05) is 24.3 Å². The molecule has 2 heterocycles. The average molecular weight is 391 g/mol. The van der Waals surface area contributed by atoms with Crippen molar-refractivity contribution in [1.29, 1.82) is 0 Å². The van der Waals surface area contributed by atoms with Gasteiger partial charge in [-0.05, 0) is 36.6 Å². The van der Waals surface area contributed by atoms with Crippen LogP contribution in [0.4, 0.5) is 5.69 Å². The van der Waals surface area contributed by atoms with Gasteiger partial charge in [-0.15, -0.1) is 0 Å². The molecule has 0 N–H and O–H groups in total. The molecule has 0 atom stereocenters. The van der Waals surface area contributed by atoms with E-state index < -0.39 is 10.0 Å². The first-order valence-corrected chi connectivity index (χ1v) is 11.0. The zero-order valence-corrected chi connectivity index (χ0v) is 16.3. The lowest BCUT2D eigenvalue weighted by Gasteiger charge is -2.19. The average Bonchev–Trinajstić information content (AvgIpc) is 2.90. The standard InChI is InChI=1S/C19H25N3O4S/c1-27(25,26)21-12-3-11-20(14-15-21)18(23)10-7-16-5-8-17(9-6-16)22-13-2-4-19(22)24/h5-10H,2-4,11-15H2,1H3. The highest BCUT2D eigenvalue weighted by Gasteiger charge is 2.23. The van der Waals surface area contributed by atoms with E-state index in [0.29, 0.717) is 39.0 Å². The molecule has 0 aliphatic carbocycles. The van der Waals surface area contributed by atoms with Crippen molar-refractivity contribution < 1.29 is 18.0 Å². The Morgan fingerprint density at radius 3 is 2.37 bits per heavy atom.